The summed E-state index contributed by atoms with van der Waals surface area (Å²) in [5, 5.41) is 3.51. The van der Waals surface area contributed by atoms with Crippen LogP contribution in [0, 0.1) is 5.92 Å². The predicted molar refractivity (Wildman–Crippen MR) is 53.2 cm³/mol. The molecule has 0 atom stereocenters. The molecular weight excluding hydrogens is 154 g/mol. The Morgan fingerprint density at radius 3 is 2.73 bits per heavy atom. The zero-order valence-corrected chi connectivity index (χ0v) is 8.25. The molecule has 1 aliphatic rings. The summed E-state index contributed by atoms with van der Waals surface area (Å²) >= 11 is 1.92. The van der Waals surface area contributed by atoms with Crippen LogP contribution in [0.1, 0.15) is 25.7 Å². The van der Waals surface area contributed by atoms with Crippen molar-refractivity contribution in [3.8, 4) is 0 Å². The first-order chi connectivity index (χ1) is 5.43. The van der Waals surface area contributed by atoms with Gasteiger partial charge in [-0.15, -0.1) is 0 Å². The van der Waals surface area contributed by atoms with E-state index in [0.717, 1.165) is 5.92 Å². The number of hydrogen-bond donors (Lipinski definition) is 1. The van der Waals surface area contributed by atoms with Gasteiger partial charge in [-0.25, -0.2) is 0 Å². The predicted octanol–water partition coefficient (Wildman–Crippen LogP) is 2.13. The van der Waals surface area contributed by atoms with Gasteiger partial charge in [0.15, 0.2) is 0 Å². The number of rotatable bonds is 5. The van der Waals surface area contributed by atoms with E-state index in [1.54, 1.807) is 0 Å². The van der Waals surface area contributed by atoms with Gasteiger partial charge in [0.25, 0.3) is 0 Å². The van der Waals surface area contributed by atoms with Gasteiger partial charge in [-0.05, 0) is 31.6 Å². The molecule has 66 valence electrons. The largest absolute Gasteiger partial charge is 0.316 e. The molecule has 0 spiro atoms. The zero-order chi connectivity index (χ0) is 7.94. The third-order valence-electron chi connectivity index (χ3n) is 2.39. The van der Waals surface area contributed by atoms with Crippen molar-refractivity contribution in [3.63, 3.8) is 0 Å². The fourth-order valence-corrected chi connectivity index (χ4v) is 2.04. The number of nitrogens with one attached hydrogen (secondary N) is 1. The van der Waals surface area contributed by atoms with Crippen molar-refractivity contribution in [2.75, 3.05) is 25.1 Å². The zero-order valence-electron chi connectivity index (χ0n) is 7.44. The highest BCUT2D eigenvalue weighted by Crippen LogP contribution is 2.23. The first kappa shape index (κ1) is 9.40. The van der Waals surface area contributed by atoms with Crippen LogP contribution in [-0.2, 0) is 0 Å². The third kappa shape index (κ3) is 4.02. The molecule has 0 unspecified atom stereocenters. The van der Waals surface area contributed by atoms with E-state index in [1.165, 1.54) is 44.5 Å². The Balaban J connectivity index is 1.86. The molecule has 1 rings (SSSR count). The molecule has 1 aliphatic carbocycles. The van der Waals surface area contributed by atoms with Crippen LogP contribution < -0.4 is 5.32 Å². The lowest BCUT2D eigenvalue weighted by Crippen LogP contribution is -2.23. The van der Waals surface area contributed by atoms with Gasteiger partial charge in [0.05, 0.1) is 0 Å². The average Bonchev–Trinajstić information content (AvgIpc) is 2.50. The maximum absolute atomic E-state index is 3.51. The molecule has 0 radical (unpaired) electrons. The molecule has 1 fully saturated rings. The van der Waals surface area contributed by atoms with Gasteiger partial charge in [0, 0.05) is 12.3 Å². The minimum atomic E-state index is 0.997. The molecule has 0 aromatic rings. The molecule has 0 aromatic carbocycles. The van der Waals surface area contributed by atoms with Crippen LogP contribution in [0.5, 0.6) is 0 Å². The highest BCUT2D eigenvalue weighted by molar-refractivity contribution is 7.98. The second-order valence-electron chi connectivity index (χ2n) is 3.35. The van der Waals surface area contributed by atoms with Crippen molar-refractivity contribution in [2.24, 2.45) is 5.92 Å². The standard InChI is InChI=1S/C9H19NS/c1-11-7-6-10-8-9-4-2-3-5-9/h9-10H,2-8H2,1H3. The smallest absolute Gasteiger partial charge is 0.00553 e. The lowest BCUT2D eigenvalue weighted by Gasteiger charge is -2.09. The molecule has 0 aliphatic heterocycles. The molecule has 0 heterocycles. The summed E-state index contributed by atoms with van der Waals surface area (Å²) in [6, 6.07) is 0. The topological polar surface area (TPSA) is 12.0 Å². The van der Waals surface area contributed by atoms with Crippen LogP contribution in [0.2, 0.25) is 0 Å². The van der Waals surface area contributed by atoms with Crippen LogP contribution >= 0.6 is 11.8 Å². The molecule has 0 saturated heterocycles. The van der Waals surface area contributed by atoms with Crippen molar-refractivity contribution in [2.45, 2.75) is 25.7 Å². The SMILES string of the molecule is CSCCNCC1CCCC1. The fourth-order valence-electron chi connectivity index (χ4n) is 1.69. The van der Waals surface area contributed by atoms with Crippen molar-refractivity contribution in [1.29, 1.82) is 0 Å². The van der Waals surface area contributed by atoms with E-state index in [9.17, 15) is 0 Å². The molecule has 1 nitrogen and oxygen atoms in total. The van der Waals surface area contributed by atoms with Gasteiger partial charge in [0.2, 0.25) is 0 Å². The van der Waals surface area contributed by atoms with E-state index in [4.69, 9.17) is 0 Å². The highest BCUT2D eigenvalue weighted by atomic mass is 32.2. The molecule has 0 aromatic heterocycles. The lowest BCUT2D eigenvalue weighted by atomic mass is 10.1. The minimum Gasteiger partial charge on any atom is -0.316 e. The number of hydrogen-bond acceptors (Lipinski definition) is 2. The Bertz CT molecular complexity index is 89.6. The van der Waals surface area contributed by atoms with Gasteiger partial charge in [-0.1, -0.05) is 12.8 Å². The first-order valence-electron chi connectivity index (χ1n) is 4.63. The maximum Gasteiger partial charge on any atom is 0.00553 e. The van der Waals surface area contributed by atoms with Crippen LogP contribution in [0.25, 0.3) is 0 Å². The molecular formula is C9H19NS. The van der Waals surface area contributed by atoms with Crippen LogP contribution in [0.4, 0.5) is 0 Å². The Kier molecular flexibility index (Phi) is 5.04. The second kappa shape index (κ2) is 5.90. The summed E-state index contributed by atoms with van der Waals surface area (Å²) in [5.74, 6) is 2.25. The molecule has 0 bridgehead atoms. The van der Waals surface area contributed by atoms with E-state index in [2.05, 4.69) is 11.6 Å². The summed E-state index contributed by atoms with van der Waals surface area (Å²) in [6.45, 7) is 2.46. The van der Waals surface area contributed by atoms with Gasteiger partial charge in [0.1, 0.15) is 0 Å². The summed E-state index contributed by atoms with van der Waals surface area (Å²) in [7, 11) is 0. The van der Waals surface area contributed by atoms with Crippen LogP contribution in [-0.4, -0.2) is 25.1 Å². The maximum atomic E-state index is 3.51. The summed E-state index contributed by atoms with van der Waals surface area (Å²) in [4.78, 5) is 0. The average molecular weight is 173 g/mol. The van der Waals surface area contributed by atoms with Crippen LogP contribution in [0.15, 0.2) is 0 Å². The Labute approximate surface area is 74.3 Å². The van der Waals surface area contributed by atoms with Crippen molar-refractivity contribution in [1.82, 2.24) is 5.32 Å². The van der Waals surface area contributed by atoms with Gasteiger partial charge in [-0.3, -0.25) is 0 Å². The van der Waals surface area contributed by atoms with Gasteiger partial charge >= 0.3 is 0 Å². The van der Waals surface area contributed by atoms with Crippen molar-refractivity contribution in [3.05, 3.63) is 0 Å². The summed E-state index contributed by atoms with van der Waals surface area (Å²) in [6.07, 6.45) is 8.03. The van der Waals surface area contributed by atoms with Crippen molar-refractivity contribution >= 4 is 11.8 Å². The highest BCUT2D eigenvalue weighted by Gasteiger charge is 2.13. The first-order valence-corrected chi connectivity index (χ1v) is 6.02. The third-order valence-corrected chi connectivity index (χ3v) is 3.00. The minimum absolute atomic E-state index is 0.997. The second-order valence-corrected chi connectivity index (χ2v) is 4.33. The molecule has 1 N–H and O–H groups in total. The van der Waals surface area contributed by atoms with E-state index >= 15 is 0 Å². The quantitative estimate of drug-likeness (QED) is 0.639. The summed E-state index contributed by atoms with van der Waals surface area (Å²) in [5.41, 5.74) is 0. The Morgan fingerprint density at radius 2 is 2.09 bits per heavy atom. The Hall–Kier alpha value is 0.310. The van der Waals surface area contributed by atoms with Gasteiger partial charge in [-0.2, -0.15) is 11.8 Å². The molecule has 11 heavy (non-hydrogen) atoms. The van der Waals surface area contributed by atoms with E-state index < -0.39 is 0 Å². The molecule has 2 heteroatoms. The summed E-state index contributed by atoms with van der Waals surface area (Å²) < 4.78 is 0. The lowest BCUT2D eigenvalue weighted by molar-refractivity contribution is 0.500. The van der Waals surface area contributed by atoms with Crippen LogP contribution in [0.3, 0.4) is 0 Å². The number of thioether (sulfide) groups is 1. The van der Waals surface area contributed by atoms with E-state index in [-0.39, 0.29) is 0 Å². The molecule has 1 saturated carbocycles. The monoisotopic (exact) mass is 173 g/mol. The van der Waals surface area contributed by atoms with Gasteiger partial charge < -0.3 is 5.32 Å². The van der Waals surface area contributed by atoms with E-state index in [0.29, 0.717) is 0 Å². The normalized spacial score (nSPS) is 19.4. The fraction of sp³-hybridized carbons (Fsp3) is 1.00. The molecule has 0 amide bonds. The Morgan fingerprint density at radius 1 is 1.36 bits per heavy atom. The van der Waals surface area contributed by atoms with E-state index in [1.807, 2.05) is 11.8 Å². The van der Waals surface area contributed by atoms with Crippen molar-refractivity contribution < 1.29 is 0 Å².